The Morgan fingerprint density at radius 3 is 2.97 bits per heavy atom. The van der Waals surface area contributed by atoms with Gasteiger partial charge in [-0.3, -0.25) is 10.2 Å². The molecule has 0 aliphatic carbocycles. The molecular weight excluding hydrogens is 395 g/mol. The number of allylic oxidation sites excluding steroid dienone is 1. The van der Waals surface area contributed by atoms with E-state index in [1.54, 1.807) is 35.1 Å². The van der Waals surface area contributed by atoms with Gasteiger partial charge in [0.1, 0.15) is 23.0 Å². The number of likely N-dealkylation sites (tertiary alicyclic amines) is 1. The zero-order chi connectivity index (χ0) is 21.8. The molecule has 4 N–H and O–H groups in total. The molecule has 0 saturated carbocycles. The van der Waals surface area contributed by atoms with Crippen LogP contribution in [0.1, 0.15) is 12.8 Å². The first-order valence-electron chi connectivity index (χ1n) is 10.0. The second-order valence-electron chi connectivity index (χ2n) is 7.33. The lowest BCUT2D eigenvalue weighted by molar-refractivity contribution is 0.274. The van der Waals surface area contributed by atoms with Crippen molar-refractivity contribution in [1.82, 2.24) is 29.7 Å². The average Bonchev–Trinajstić information content (AvgIpc) is 3.20. The number of nitrogens with zero attached hydrogens (tertiary/aromatic N) is 5. The number of imidazole rings is 1. The molecule has 3 aromatic heterocycles. The topological polar surface area (TPSA) is 96.4 Å². The van der Waals surface area contributed by atoms with Crippen molar-refractivity contribution < 1.29 is 4.39 Å². The van der Waals surface area contributed by atoms with E-state index in [9.17, 15) is 4.39 Å². The first-order chi connectivity index (χ1) is 15.1. The summed E-state index contributed by atoms with van der Waals surface area (Å²) in [4.78, 5) is 15.5. The predicted octanol–water partition coefficient (Wildman–Crippen LogP) is 2.85. The summed E-state index contributed by atoms with van der Waals surface area (Å²) in [5, 5.41) is 3.49. The summed E-state index contributed by atoms with van der Waals surface area (Å²) in [6.45, 7) is 9.70. The molecule has 0 bridgehead atoms. The molecule has 9 heteroatoms. The van der Waals surface area contributed by atoms with Crippen LogP contribution in [0.2, 0.25) is 0 Å². The maximum atomic E-state index is 13.7. The van der Waals surface area contributed by atoms with Gasteiger partial charge in [0, 0.05) is 49.0 Å². The Labute approximate surface area is 180 Å². The standard InChI is InChI=1S/C22H25FN8/c1-3-16(11-27-24)15(2)30-10-4-5-18(14-30)28-20-8-9-25-22(29-20)19-12-26-21-7-6-17(23)13-31(19)21/h3,6-9,11-13,18,27H,1-2,4-5,10,14,24H2,(H,25,28,29)/b16-11+/t18-/m1/s1. The Bertz CT molecular complexity index is 1140. The second-order valence-corrected chi connectivity index (χ2v) is 7.33. The van der Waals surface area contributed by atoms with Crippen molar-refractivity contribution in [3.8, 4) is 11.5 Å². The van der Waals surface area contributed by atoms with Crippen LogP contribution < -0.4 is 16.6 Å². The fourth-order valence-electron chi connectivity index (χ4n) is 3.76. The zero-order valence-corrected chi connectivity index (χ0v) is 17.1. The fourth-order valence-corrected chi connectivity index (χ4v) is 3.76. The summed E-state index contributed by atoms with van der Waals surface area (Å²) in [6.07, 6.45) is 10.2. The number of piperidine rings is 1. The van der Waals surface area contributed by atoms with E-state index in [2.05, 4.69) is 43.8 Å². The molecule has 1 aliphatic rings. The number of halogens is 1. The number of anilines is 1. The van der Waals surface area contributed by atoms with Gasteiger partial charge in [0.05, 0.1) is 6.20 Å². The van der Waals surface area contributed by atoms with Gasteiger partial charge in [-0.2, -0.15) is 0 Å². The van der Waals surface area contributed by atoms with Crippen LogP contribution in [0.4, 0.5) is 10.2 Å². The quantitative estimate of drug-likeness (QED) is 0.307. The summed E-state index contributed by atoms with van der Waals surface area (Å²) < 4.78 is 15.3. The van der Waals surface area contributed by atoms with Gasteiger partial charge in [0.15, 0.2) is 5.82 Å². The molecule has 3 aromatic rings. The maximum Gasteiger partial charge on any atom is 0.180 e. The van der Waals surface area contributed by atoms with E-state index in [1.165, 1.54) is 12.3 Å². The van der Waals surface area contributed by atoms with Gasteiger partial charge in [-0.05, 0) is 31.0 Å². The van der Waals surface area contributed by atoms with E-state index in [4.69, 9.17) is 5.84 Å². The number of nitrogens with one attached hydrogen (secondary N) is 2. The molecule has 0 amide bonds. The van der Waals surface area contributed by atoms with Gasteiger partial charge < -0.3 is 15.6 Å². The molecule has 0 aromatic carbocycles. The highest BCUT2D eigenvalue weighted by Gasteiger charge is 2.22. The number of rotatable bonds is 7. The van der Waals surface area contributed by atoms with E-state index in [1.807, 2.05) is 6.07 Å². The highest BCUT2D eigenvalue weighted by molar-refractivity contribution is 5.58. The van der Waals surface area contributed by atoms with E-state index >= 15 is 0 Å². The zero-order valence-electron chi connectivity index (χ0n) is 17.1. The molecule has 160 valence electrons. The SMILES string of the molecule is C=C/C(=C\NN)C(=C)N1CCC[C@@H](Nc2ccnc(-c3cnc4ccc(F)cn34)n2)C1. The number of hydrogen-bond acceptors (Lipinski definition) is 7. The Balaban J connectivity index is 1.51. The van der Waals surface area contributed by atoms with Crippen LogP contribution in [0.15, 0.2) is 73.5 Å². The van der Waals surface area contributed by atoms with Crippen molar-refractivity contribution in [2.75, 3.05) is 18.4 Å². The maximum absolute atomic E-state index is 13.7. The van der Waals surface area contributed by atoms with Crippen LogP contribution in [-0.4, -0.2) is 43.4 Å². The smallest absolute Gasteiger partial charge is 0.180 e. The summed E-state index contributed by atoms with van der Waals surface area (Å²) in [5.41, 5.74) is 5.53. The van der Waals surface area contributed by atoms with Crippen molar-refractivity contribution in [2.45, 2.75) is 18.9 Å². The number of nitrogens with two attached hydrogens (primary N) is 1. The lowest BCUT2D eigenvalue weighted by atomic mass is 10.0. The molecule has 1 saturated heterocycles. The molecule has 0 spiro atoms. The Hall–Kier alpha value is -3.72. The third-order valence-corrected chi connectivity index (χ3v) is 5.30. The summed E-state index contributed by atoms with van der Waals surface area (Å²) in [5.74, 6) is 6.25. The van der Waals surface area contributed by atoms with Gasteiger partial charge in [0.2, 0.25) is 0 Å². The molecule has 4 rings (SSSR count). The third kappa shape index (κ3) is 4.41. The van der Waals surface area contributed by atoms with Gasteiger partial charge >= 0.3 is 0 Å². The molecule has 0 radical (unpaired) electrons. The molecule has 1 fully saturated rings. The molecule has 8 nitrogen and oxygen atoms in total. The highest BCUT2D eigenvalue weighted by atomic mass is 19.1. The first-order valence-corrected chi connectivity index (χ1v) is 10.0. The lowest BCUT2D eigenvalue weighted by Gasteiger charge is -2.36. The van der Waals surface area contributed by atoms with Crippen molar-refractivity contribution in [3.05, 3.63) is 79.3 Å². The van der Waals surface area contributed by atoms with Crippen molar-refractivity contribution >= 4 is 11.5 Å². The van der Waals surface area contributed by atoms with Crippen LogP contribution in [0.5, 0.6) is 0 Å². The lowest BCUT2D eigenvalue weighted by Crippen LogP contribution is -2.41. The molecule has 0 unspecified atom stereocenters. The Morgan fingerprint density at radius 1 is 1.29 bits per heavy atom. The van der Waals surface area contributed by atoms with Crippen LogP contribution in [0.3, 0.4) is 0 Å². The number of hydrazine groups is 1. The summed E-state index contributed by atoms with van der Waals surface area (Å²) in [6, 6.07) is 5.01. The van der Waals surface area contributed by atoms with E-state index in [0.717, 1.165) is 37.2 Å². The molecular formula is C22H25FN8. The molecule has 1 aliphatic heterocycles. The Kier molecular flexibility index (Phi) is 5.94. The van der Waals surface area contributed by atoms with Gasteiger partial charge in [0.25, 0.3) is 0 Å². The van der Waals surface area contributed by atoms with Crippen molar-refractivity contribution in [1.29, 1.82) is 0 Å². The normalized spacial score (nSPS) is 16.9. The minimum absolute atomic E-state index is 0.185. The number of hydrogen-bond donors (Lipinski definition) is 3. The predicted molar refractivity (Wildman–Crippen MR) is 119 cm³/mol. The van der Waals surface area contributed by atoms with Crippen LogP contribution in [0, 0.1) is 5.82 Å². The monoisotopic (exact) mass is 420 g/mol. The van der Waals surface area contributed by atoms with Crippen molar-refractivity contribution in [2.24, 2.45) is 5.84 Å². The minimum Gasteiger partial charge on any atom is -0.369 e. The number of aromatic nitrogens is 4. The fraction of sp³-hybridized carbons (Fsp3) is 0.227. The van der Waals surface area contributed by atoms with Crippen LogP contribution >= 0.6 is 0 Å². The Morgan fingerprint density at radius 2 is 2.16 bits per heavy atom. The van der Waals surface area contributed by atoms with Gasteiger partial charge in [-0.25, -0.2) is 19.3 Å². The highest BCUT2D eigenvalue weighted by Crippen LogP contribution is 2.23. The van der Waals surface area contributed by atoms with E-state index in [-0.39, 0.29) is 11.9 Å². The van der Waals surface area contributed by atoms with Crippen LogP contribution in [-0.2, 0) is 0 Å². The average molecular weight is 420 g/mol. The molecule has 1 atom stereocenters. The van der Waals surface area contributed by atoms with Gasteiger partial charge in [-0.1, -0.05) is 19.2 Å². The van der Waals surface area contributed by atoms with Crippen LogP contribution in [0.25, 0.3) is 17.2 Å². The number of fused-ring (bicyclic) bond motifs is 1. The molecule has 4 heterocycles. The largest absolute Gasteiger partial charge is 0.369 e. The minimum atomic E-state index is -0.346. The molecule has 31 heavy (non-hydrogen) atoms. The van der Waals surface area contributed by atoms with Gasteiger partial charge in [-0.15, -0.1) is 0 Å². The number of pyridine rings is 1. The second kappa shape index (κ2) is 8.97. The summed E-state index contributed by atoms with van der Waals surface area (Å²) in [7, 11) is 0. The third-order valence-electron chi connectivity index (χ3n) is 5.30. The first kappa shape index (κ1) is 20.5. The van der Waals surface area contributed by atoms with E-state index in [0.29, 0.717) is 23.0 Å². The van der Waals surface area contributed by atoms with Crippen molar-refractivity contribution in [3.63, 3.8) is 0 Å². The summed E-state index contributed by atoms with van der Waals surface area (Å²) >= 11 is 0. The van der Waals surface area contributed by atoms with E-state index < -0.39 is 0 Å².